The van der Waals surface area contributed by atoms with Crippen LogP contribution < -0.4 is 0 Å². The molecule has 3 nitrogen and oxygen atoms in total. The first kappa shape index (κ1) is 32.0. The SMILES string of the molecule is CC(C)(C)c1ccnc(-n2c3ccccc3c3cc4c5ccccc5c5ccccc5c5ccccc5n(-c5cccc(-c6ccccc6)c5)c4cc32)c1. The van der Waals surface area contributed by atoms with E-state index in [2.05, 4.69) is 206 Å². The average Bonchev–Trinajstić information content (AvgIpc) is 3.55. The Hall–Kier alpha value is -6.71. The maximum Gasteiger partial charge on any atom is 0.137 e. The fourth-order valence-electron chi connectivity index (χ4n) is 8.32. The van der Waals surface area contributed by atoms with Crippen molar-refractivity contribution in [3.05, 3.63) is 188 Å². The van der Waals surface area contributed by atoms with Crippen LogP contribution in [0.2, 0.25) is 0 Å². The van der Waals surface area contributed by atoms with Gasteiger partial charge >= 0.3 is 0 Å². The quantitative estimate of drug-likeness (QED) is 0.181. The third-order valence-electron chi connectivity index (χ3n) is 11.0. The lowest BCUT2D eigenvalue weighted by atomic mass is 9.88. The zero-order chi connectivity index (χ0) is 36.4. The van der Waals surface area contributed by atoms with Crippen LogP contribution in [-0.4, -0.2) is 14.1 Å². The second-order valence-electron chi connectivity index (χ2n) is 15.3. The average molecular weight is 694 g/mol. The number of rotatable bonds is 3. The molecule has 10 aromatic rings. The van der Waals surface area contributed by atoms with Crippen molar-refractivity contribution in [3.8, 4) is 22.6 Å². The summed E-state index contributed by atoms with van der Waals surface area (Å²) < 4.78 is 4.84. The summed E-state index contributed by atoms with van der Waals surface area (Å²) in [5.41, 5.74) is 9.17. The monoisotopic (exact) mass is 693 g/mol. The molecule has 0 saturated heterocycles. The number of fused-ring (bicyclic) bond motifs is 10. The highest BCUT2D eigenvalue weighted by molar-refractivity contribution is 6.22. The van der Waals surface area contributed by atoms with Crippen molar-refractivity contribution in [2.45, 2.75) is 26.2 Å². The molecule has 0 amide bonds. The Morgan fingerprint density at radius 1 is 0.370 bits per heavy atom. The van der Waals surface area contributed by atoms with Crippen molar-refractivity contribution in [2.75, 3.05) is 0 Å². The van der Waals surface area contributed by atoms with E-state index in [0.29, 0.717) is 0 Å². The standard InChI is InChI=1S/C51H39N3/c1-51(2,3)36-28-29-52-50(31-36)54-47-27-14-12-25-43(47)45-32-44-41-23-10-8-21-39(41)38-20-7-9-22-40(38)42-24-11-13-26-46(42)53(48(44)33-49(45)54)37-19-15-18-35(30-37)34-16-5-4-6-17-34/h4-33H,1-3H3. The Kier molecular flexibility index (Phi) is 7.38. The summed E-state index contributed by atoms with van der Waals surface area (Å²) in [6.07, 6.45) is 1.96. The molecule has 0 N–H and O–H groups in total. The predicted octanol–water partition coefficient (Wildman–Crippen LogP) is 13.7. The fourth-order valence-corrected chi connectivity index (χ4v) is 8.32. The molecule has 3 aromatic heterocycles. The maximum absolute atomic E-state index is 5.03. The second-order valence-corrected chi connectivity index (χ2v) is 15.3. The molecule has 0 fully saturated rings. The summed E-state index contributed by atoms with van der Waals surface area (Å²) in [6.45, 7) is 6.79. The van der Waals surface area contributed by atoms with Gasteiger partial charge in [-0.1, -0.05) is 148 Å². The highest BCUT2D eigenvalue weighted by Gasteiger charge is 2.20. The summed E-state index contributed by atoms with van der Waals surface area (Å²) in [7, 11) is 0. The second kappa shape index (κ2) is 12.5. The molecular formula is C51H39N3. The first-order valence-electron chi connectivity index (χ1n) is 18.7. The van der Waals surface area contributed by atoms with Crippen molar-refractivity contribution in [1.82, 2.24) is 14.1 Å². The third-order valence-corrected chi connectivity index (χ3v) is 11.0. The van der Waals surface area contributed by atoms with Gasteiger partial charge in [0.15, 0.2) is 0 Å². The number of pyridine rings is 1. The van der Waals surface area contributed by atoms with Gasteiger partial charge in [-0.05, 0) is 92.2 Å². The third kappa shape index (κ3) is 5.15. The summed E-state index contributed by atoms with van der Waals surface area (Å²) >= 11 is 0. The lowest BCUT2D eigenvalue weighted by molar-refractivity contribution is 0.588. The molecule has 0 spiro atoms. The molecule has 0 bridgehead atoms. The van der Waals surface area contributed by atoms with Crippen LogP contribution in [0.5, 0.6) is 0 Å². The van der Waals surface area contributed by atoms with Crippen LogP contribution >= 0.6 is 0 Å². The lowest BCUT2D eigenvalue weighted by Crippen LogP contribution is -2.12. The zero-order valence-electron chi connectivity index (χ0n) is 30.7. The minimum atomic E-state index is -0.0208. The highest BCUT2D eigenvalue weighted by atomic mass is 15.1. The Balaban J connectivity index is 1.48. The van der Waals surface area contributed by atoms with Crippen molar-refractivity contribution in [1.29, 1.82) is 0 Å². The number of para-hydroxylation sites is 2. The summed E-state index contributed by atoms with van der Waals surface area (Å²) in [5, 5.41) is 9.60. The van der Waals surface area contributed by atoms with Crippen molar-refractivity contribution in [3.63, 3.8) is 0 Å². The molecule has 10 rings (SSSR count). The van der Waals surface area contributed by atoms with Gasteiger partial charge in [-0.25, -0.2) is 4.98 Å². The van der Waals surface area contributed by atoms with Crippen LogP contribution in [0, 0.1) is 0 Å². The molecule has 0 atom stereocenters. The predicted molar refractivity (Wildman–Crippen MR) is 230 cm³/mol. The number of nitrogens with zero attached hydrogens (tertiary/aromatic N) is 3. The van der Waals surface area contributed by atoms with Gasteiger partial charge in [0.1, 0.15) is 5.82 Å². The van der Waals surface area contributed by atoms with E-state index < -0.39 is 0 Å². The van der Waals surface area contributed by atoms with E-state index in [4.69, 9.17) is 4.98 Å². The number of benzene rings is 7. The molecule has 258 valence electrons. The van der Waals surface area contributed by atoms with E-state index in [1.165, 1.54) is 59.8 Å². The Morgan fingerprint density at radius 3 is 1.54 bits per heavy atom. The van der Waals surface area contributed by atoms with Gasteiger partial charge in [-0.2, -0.15) is 0 Å². The van der Waals surface area contributed by atoms with Gasteiger partial charge in [0, 0.05) is 33.4 Å². The fraction of sp³-hybridized carbons (Fsp3) is 0.0784. The first-order valence-corrected chi connectivity index (χ1v) is 18.7. The molecule has 3 heteroatoms. The molecule has 3 heterocycles. The molecule has 0 radical (unpaired) electrons. The van der Waals surface area contributed by atoms with Gasteiger partial charge in [0.25, 0.3) is 0 Å². The largest absolute Gasteiger partial charge is 0.309 e. The summed E-state index contributed by atoms with van der Waals surface area (Å²) in [5.74, 6) is 0.919. The Bertz CT molecular complexity index is 3140. The molecule has 0 saturated carbocycles. The van der Waals surface area contributed by atoms with E-state index >= 15 is 0 Å². The van der Waals surface area contributed by atoms with E-state index in [-0.39, 0.29) is 5.41 Å². The molecule has 0 unspecified atom stereocenters. The number of hydrogen-bond donors (Lipinski definition) is 0. The van der Waals surface area contributed by atoms with Gasteiger partial charge in [0.05, 0.1) is 22.1 Å². The van der Waals surface area contributed by atoms with Gasteiger partial charge in [0.2, 0.25) is 0 Å². The summed E-state index contributed by atoms with van der Waals surface area (Å²) in [4.78, 5) is 5.03. The topological polar surface area (TPSA) is 22.8 Å². The van der Waals surface area contributed by atoms with Crippen molar-refractivity contribution >= 4 is 65.2 Å². The van der Waals surface area contributed by atoms with Crippen LogP contribution in [0.3, 0.4) is 0 Å². The van der Waals surface area contributed by atoms with E-state index in [0.717, 1.165) is 33.6 Å². The number of hydrogen-bond acceptors (Lipinski definition) is 1. The van der Waals surface area contributed by atoms with Crippen LogP contribution in [0.4, 0.5) is 0 Å². The van der Waals surface area contributed by atoms with Crippen LogP contribution in [0.15, 0.2) is 182 Å². The normalized spacial score (nSPS) is 12.0. The van der Waals surface area contributed by atoms with Gasteiger partial charge in [-0.3, -0.25) is 4.57 Å². The Morgan fingerprint density at radius 2 is 0.870 bits per heavy atom. The van der Waals surface area contributed by atoms with Crippen molar-refractivity contribution in [2.24, 2.45) is 0 Å². The first-order chi connectivity index (χ1) is 26.4. The molecular weight excluding hydrogens is 655 g/mol. The molecule has 0 aliphatic heterocycles. The van der Waals surface area contributed by atoms with Crippen LogP contribution in [0.25, 0.3) is 87.8 Å². The molecule has 0 aliphatic carbocycles. The van der Waals surface area contributed by atoms with E-state index in [9.17, 15) is 0 Å². The van der Waals surface area contributed by atoms with Crippen LogP contribution in [-0.2, 0) is 5.41 Å². The van der Waals surface area contributed by atoms with Crippen molar-refractivity contribution < 1.29 is 0 Å². The maximum atomic E-state index is 5.03. The Labute approximate surface area is 314 Å². The lowest BCUT2D eigenvalue weighted by Gasteiger charge is -2.20. The molecule has 54 heavy (non-hydrogen) atoms. The number of aromatic nitrogens is 3. The summed E-state index contributed by atoms with van der Waals surface area (Å²) in [6, 6.07) is 64.3. The minimum Gasteiger partial charge on any atom is -0.309 e. The van der Waals surface area contributed by atoms with Gasteiger partial charge < -0.3 is 4.57 Å². The van der Waals surface area contributed by atoms with Crippen LogP contribution in [0.1, 0.15) is 26.3 Å². The molecule has 7 aromatic carbocycles. The highest BCUT2D eigenvalue weighted by Crippen LogP contribution is 2.40. The van der Waals surface area contributed by atoms with E-state index in [1.807, 2.05) is 6.20 Å². The molecule has 0 aliphatic rings. The zero-order valence-corrected chi connectivity index (χ0v) is 30.7. The smallest absolute Gasteiger partial charge is 0.137 e. The van der Waals surface area contributed by atoms with Gasteiger partial charge in [-0.15, -0.1) is 0 Å². The van der Waals surface area contributed by atoms with E-state index in [1.54, 1.807) is 0 Å². The minimum absolute atomic E-state index is 0.0208.